The summed E-state index contributed by atoms with van der Waals surface area (Å²) >= 11 is 5.95. The highest BCUT2D eigenvalue weighted by Gasteiger charge is 2.31. The van der Waals surface area contributed by atoms with Gasteiger partial charge < -0.3 is 15.0 Å². The van der Waals surface area contributed by atoms with Crippen molar-refractivity contribution in [2.45, 2.75) is 19.1 Å². The second-order valence-corrected chi connectivity index (χ2v) is 6.56. The van der Waals surface area contributed by atoms with Gasteiger partial charge >= 0.3 is 0 Å². The van der Waals surface area contributed by atoms with Gasteiger partial charge in [-0.15, -0.1) is 0 Å². The second-order valence-electron chi connectivity index (χ2n) is 6.15. The van der Waals surface area contributed by atoms with E-state index in [0.717, 1.165) is 0 Å². The maximum absolute atomic E-state index is 13.8. The zero-order chi connectivity index (χ0) is 18.9. The van der Waals surface area contributed by atoms with Gasteiger partial charge in [-0.2, -0.15) is 5.26 Å². The fourth-order valence-electron chi connectivity index (χ4n) is 2.68. The molecule has 7 heteroatoms. The predicted molar refractivity (Wildman–Crippen MR) is 97.3 cm³/mol. The molecule has 2 aromatic carbocycles. The summed E-state index contributed by atoms with van der Waals surface area (Å²) in [6, 6.07) is 12.6. The summed E-state index contributed by atoms with van der Waals surface area (Å²) in [5, 5.41) is 22.7. The van der Waals surface area contributed by atoms with Crippen molar-refractivity contribution in [3.63, 3.8) is 0 Å². The first-order valence-electron chi connectivity index (χ1n) is 7.78. The van der Waals surface area contributed by atoms with E-state index in [1.165, 1.54) is 31.2 Å². The third kappa shape index (κ3) is 3.40. The molecule has 0 saturated heterocycles. The molecule has 26 heavy (non-hydrogen) atoms. The number of carbonyl (C=O) groups is 1. The summed E-state index contributed by atoms with van der Waals surface area (Å²) in [5.41, 5.74) is -0.516. The minimum atomic E-state index is -1.75. The van der Waals surface area contributed by atoms with Gasteiger partial charge in [-0.3, -0.25) is 4.79 Å². The van der Waals surface area contributed by atoms with E-state index < -0.39 is 11.5 Å². The first-order valence-corrected chi connectivity index (χ1v) is 8.16. The Morgan fingerprint density at radius 2 is 2.15 bits per heavy atom. The number of nitriles is 1. The van der Waals surface area contributed by atoms with Crippen molar-refractivity contribution in [3.05, 3.63) is 65.1 Å². The number of aliphatic hydroxyl groups is 1. The molecule has 1 aromatic heterocycles. The highest BCUT2D eigenvalue weighted by molar-refractivity contribution is 6.32. The summed E-state index contributed by atoms with van der Waals surface area (Å²) in [7, 11) is 0. The molecule has 0 aliphatic rings. The van der Waals surface area contributed by atoms with Crippen molar-refractivity contribution in [1.82, 2.24) is 4.57 Å². The zero-order valence-corrected chi connectivity index (χ0v) is 14.6. The van der Waals surface area contributed by atoms with Gasteiger partial charge in [0.1, 0.15) is 11.9 Å². The Kier molecular flexibility index (Phi) is 4.68. The van der Waals surface area contributed by atoms with Gasteiger partial charge in [0.05, 0.1) is 22.6 Å². The maximum atomic E-state index is 13.8. The number of carbonyl (C=O) groups excluding carboxylic acids is 1. The molecule has 0 fully saturated rings. The summed E-state index contributed by atoms with van der Waals surface area (Å²) < 4.78 is 15.4. The van der Waals surface area contributed by atoms with Crippen LogP contribution in [-0.4, -0.2) is 21.2 Å². The monoisotopic (exact) mass is 371 g/mol. The fraction of sp³-hybridized carbons (Fsp3) is 0.158. The van der Waals surface area contributed by atoms with Crippen LogP contribution in [0.25, 0.3) is 10.9 Å². The van der Waals surface area contributed by atoms with Gasteiger partial charge in [0, 0.05) is 17.3 Å². The van der Waals surface area contributed by atoms with Crippen LogP contribution in [0.5, 0.6) is 0 Å². The number of halogens is 2. The SMILES string of the molecule is CC(O)(Cn1ccc2c(F)cccc21)C(=O)Nc1ccc(C#N)c(Cl)c1. The van der Waals surface area contributed by atoms with Gasteiger partial charge in [-0.1, -0.05) is 17.7 Å². The molecule has 1 unspecified atom stereocenters. The number of nitrogens with one attached hydrogen (secondary N) is 1. The molecular formula is C19H15ClFN3O2. The van der Waals surface area contributed by atoms with E-state index in [0.29, 0.717) is 16.6 Å². The van der Waals surface area contributed by atoms with E-state index in [4.69, 9.17) is 16.9 Å². The lowest BCUT2D eigenvalue weighted by atomic mass is 10.1. The molecule has 0 radical (unpaired) electrons. The molecule has 132 valence electrons. The van der Waals surface area contributed by atoms with Crippen LogP contribution in [0.4, 0.5) is 10.1 Å². The normalized spacial score (nSPS) is 13.2. The first kappa shape index (κ1) is 17.9. The average molecular weight is 372 g/mol. The van der Waals surface area contributed by atoms with Crippen molar-refractivity contribution < 1.29 is 14.3 Å². The van der Waals surface area contributed by atoms with E-state index in [9.17, 15) is 14.3 Å². The Bertz CT molecular complexity index is 1040. The maximum Gasteiger partial charge on any atom is 0.257 e. The number of nitrogens with zero attached hydrogens (tertiary/aromatic N) is 2. The third-order valence-corrected chi connectivity index (χ3v) is 4.39. The Hall–Kier alpha value is -2.88. The van der Waals surface area contributed by atoms with Crippen LogP contribution in [0.3, 0.4) is 0 Å². The minimum absolute atomic E-state index is 0.0597. The number of anilines is 1. The molecule has 1 amide bonds. The van der Waals surface area contributed by atoms with Crippen LogP contribution in [-0.2, 0) is 11.3 Å². The summed E-state index contributed by atoms with van der Waals surface area (Å²) in [4.78, 5) is 12.5. The molecule has 5 nitrogen and oxygen atoms in total. The largest absolute Gasteiger partial charge is 0.378 e. The Morgan fingerprint density at radius 3 is 2.85 bits per heavy atom. The van der Waals surface area contributed by atoms with Gasteiger partial charge in [0.25, 0.3) is 5.91 Å². The second kappa shape index (κ2) is 6.79. The number of benzene rings is 2. The van der Waals surface area contributed by atoms with Gasteiger partial charge in [0.15, 0.2) is 5.60 Å². The number of rotatable bonds is 4. The number of fused-ring (bicyclic) bond motifs is 1. The van der Waals surface area contributed by atoms with E-state index >= 15 is 0 Å². The van der Waals surface area contributed by atoms with E-state index in [2.05, 4.69) is 5.32 Å². The molecular weight excluding hydrogens is 357 g/mol. The summed E-state index contributed by atoms with van der Waals surface area (Å²) in [6.45, 7) is 1.31. The summed E-state index contributed by atoms with van der Waals surface area (Å²) in [6.07, 6.45) is 1.62. The number of hydrogen-bond acceptors (Lipinski definition) is 3. The first-order chi connectivity index (χ1) is 12.3. The quantitative estimate of drug-likeness (QED) is 0.734. The van der Waals surface area contributed by atoms with Crippen molar-refractivity contribution >= 4 is 34.1 Å². The lowest BCUT2D eigenvalue weighted by molar-refractivity contribution is -0.133. The molecule has 1 atom stereocenters. The highest BCUT2D eigenvalue weighted by Crippen LogP contribution is 2.23. The number of hydrogen-bond donors (Lipinski definition) is 2. The van der Waals surface area contributed by atoms with Crippen LogP contribution in [0.15, 0.2) is 48.7 Å². The van der Waals surface area contributed by atoms with Crippen LogP contribution in [0.2, 0.25) is 5.02 Å². The van der Waals surface area contributed by atoms with Crippen LogP contribution < -0.4 is 5.32 Å². The van der Waals surface area contributed by atoms with Gasteiger partial charge in [-0.25, -0.2) is 4.39 Å². The molecule has 2 N–H and O–H groups in total. The standard InChI is InChI=1S/C19H15ClFN3O2/c1-19(26,11-24-8-7-14-16(21)3-2-4-17(14)24)18(25)23-13-6-5-12(10-22)15(20)9-13/h2-9,26H,11H2,1H3,(H,23,25). The Balaban J connectivity index is 1.81. The van der Waals surface area contributed by atoms with Gasteiger partial charge in [-0.05, 0) is 43.3 Å². The van der Waals surface area contributed by atoms with Crippen molar-refractivity contribution in [2.24, 2.45) is 0 Å². The zero-order valence-electron chi connectivity index (χ0n) is 13.8. The average Bonchev–Trinajstić information content (AvgIpc) is 2.99. The Labute approximate surface area is 154 Å². The fourth-order valence-corrected chi connectivity index (χ4v) is 2.90. The lowest BCUT2D eigenvalue weighted by Crippen LogP contribution is -2.43. The number of amides is 1. The molecule has 0 aliphatic heterocycles. The van der Waals surface area contributed by atoms with Crippen LogP contribution in [0, 0.1) is 17.1 Å². The number of aromatic nitrogens is 1. The van der Waals surface area contributed by atoms with Gasteiger partial charge in [0.2, 0.25) is 0 Å². The van der Waals surface area contributed by atoms with Crippen molar-refractivity contribution in [3.8, 4) is 6.07 Å². The lowest BCUT2D eigenvalue weighted by Gasteiger charge is -2.23. The van der Waals surface area contributed by atoms with Crippen LogP contribution in [0.1, 0.15) is 12.5 Å². The van der Waals surface area contributed by atoms with E-state index in [1.54, 1.807) is 29.0 Å². The van der Waals surface area contributed by atoms with Crippen LogP contribution >= 0.6 is 11.6 Å². The summed E-state index contributed by atoms with van der Waals surface area (Å²) in [5.74, 6) is -1.01. The van der Waals surface area contributed by atoms with E-state index in [1.807, 2.05) is 6.07 Å². The molecule has 0 bridgehead atoms. The molecule has 0 spiro atoms. The molecule has 3 rings (SSSR count). The molecule has 0 saturated carbocycles. The highest BCUT2D eigenvalue weighted by atomic mass is 35.5. The van der Waals surface area contributed by atoms with Crippen molar-refractivity contribution in [2.75, 3.05) is 5.32 Å². The minimum Gasteiger partial charge on any atom is -0.378 e. The van der Waals surface area contributed by atoms with Crippen molar-refractivity contribution in [1.29, 1.82) is 5.26 Å². The molecule has 0 aliphatic carbocycles. The smallest absolute Gasteiger partial charge is 0.257 e. The molecule has 3 aromatic rings. The Morgan fingerprint density at radius 1 is 1.38 bits per heavy atom. The van der Waals surface area contributed by atoms with E-state index in [-0.39, 0.29) is 22.9 Å². The topological polar surface area (TPSA) is 78.1 Å². The third-order valence-electron chi connectivity index (χ3n) is 4.08. The predicted octanol–water partition coefficient (Wildman–Crippen LogP) is 3.70. The molecule has 1 heterocycles.